The van der Waals surface area contributed by atoms with E-state index in [4.69, 9.17) is 4.74 Å². The molecule has 2 aliphatic rings. The van der Waals surface area contributed by atoms with Crippen LogP contribution in [0.4, 0.5) is 5.69 Å². The minimum Gasteiger partial charge on any atom is -0.493 e. The van der Waals surface area contributed by atoms with Gasteiger partial charge >= 0.3 is 0 Å². The van der Waals surface area contributed by atoms with Crippen LogP contribution in [-0.4, -0.2) is 35.9 Å². The standard InChI is InChI=1S/C23H26N2O3/c26-22(12-9-17-6-2-1-3-7-17)24-18-10-11-21-20(16-18)23(27)25-14-5-4-8-19(25)13-15-28-21/h1-3,6-7,10-11,16,19H,4-5,8-9,12-15H2,(H,24,26). The maximum atomic E-state index is 13.1. The van der Waals surface area contributed by atoms with Crippen molar-refractivity contribution in [1.82, 2.24) is 4.90 Å². The molecular formula is C23H26N2O3. The number of amides is 2. The van der Waals surface area contributed by atoms with E-state index in [1.165, 1.54) is 6.42 Å². The molecule has 28 heavy (non-hydrogen) atoms. The molecule has 5 nitrogen and oxygen atoms in total. The van der Waals surface area contributed by atoms with Crippen molar-refractivity contribution >= 4 is 17.5 Å². The summed E-state index contributed by atoms with van der Waals surface area (Å²) in [5.74, 6) is 0.565. The lowest BCUT2D eigenvalue weighted by molar-refractivity contribution is -0.116. The van der Waals surface area contributed by atoms with Gasteiger partial charge in [0.2, 0.25) is 5.91 Å². The Hall–Kier alpha value is -2.82. The zero-order valence-corrected chi connectivity index (χ0v) is 16.0. The van der Waals surface area contributed by atoms with E-state index < -0.39 is 0 Å². The maximum absolute atomic E-state index is 13.1. The molecule has 2 aliphatic heterocycles. The first-order chi connectivity index (χ1) is 13.7. The molecule has 0 aliphatic carbocycles. The van der Waals surface area contributed by atoms with Crippen LogP contribution in [-0.2, 0) is 11.2 Å². The van der Waals surface area contributed by atoms with E-state index in [-0.39, 0.29) is 17.9 Å². The Bertz CT molecular complexity index is 850. The topological polar surface area (TPSA) is 58.6 Å². The first-order valence-corrected chi connectivity index (χ1v) is 10.1. The summed E-state index contributed by atoms with van der Waals surface area (Å²) in [6.45, 7) is 1.42. The Kier molecular flexibility index (Phi) is 5.60. The van der Waals surface area contributed by atoms with Crippen LogP contribution in [0.2, 0.25) is 0 Å². The molecule has 2 aromatic rings. The van der Waals surface area contributed by atoms with Gasteiger partial charge in [0.1, 0.15) is 5.75 Å². The molecular weight excluding hydrogens is 352 g/mol. The van der Waals surface area contributed by atoms with Crippen LogP contribution in [0.1, 0.15) is 48.0 Å². The van der Waals surface area contributed by atoms with E-state index in [9.17, 15) is 9.59 Å². The SMILES string of the molecule is O=C(CCc1ccccc1)Nc1ccc2c(c1)C(=O)N1CCCCC1CCO2. The first-order valence-electron chi connectivity index (χ1n) is 10.1. The molecule has 1 fully saturated rings. The third kappa shape index (κ3) is 4.19. The van der Waals surface area contributed by atoms with Gasteiger partial charge in [0.05, 0.1) is 12.2 Å². The molecule has 0 saturated carbocycles. The summed E-state index contributed by atoms with van der Waals surface area (Å²) in [6, 6.07) is 15.6. The summed E-state index contributed by atoms with van der Waals surface area (Å²) < 4.78 is 5.85. The third-order valence-electron chi connectivity index (χ3n) is 5.57. The normalized spacial score (nSPS) is 18.9. The molecule has 5 heteroatoms. The molecule has 0 aromatic heterocycles. The van der Waals surface area contributed by atoms with Gasteiger partial charge < -0.3 is 15.0 Å². The number of carbonyl (C=O) groups excluding carboxylic acids is 2. The minimum atomic E-state index is -0.0566. The highest BCUT2D eigenvalue weighted by Gasteiger charge is 2.31. The van der Waals surface area contributed by atoms with Crippen LogP contribution in [0.15, 0.2) is 48.5 Å². The van der Waals surface area contributed by atoms with Gasteiger partial charge in [-0.3, -0.25) is 9.59 Å². The first kappa shape index (κ1) is 18.5. The van der Waals surface area contributed by atoms with Crippen molar-refractivity contribution < 1.29 is 14.3 Å². The van der Waals surface area contributed by atoms with E-state index in [2.05, 4.69) is 5.32 Å². The summed E-state index contributed by atoms with van der Waals surface area (Å²) in [5, 5.41) is 2.93. The number of nitrogens with one attached hydrogen (secondary N) is 1. The summed E-state index contributed by atoms with van der Waals surface area (Å²) in [6.07, 6.45) is 5.23. The average Bonchev–Trinajstić information content (AvgIpc) is 2.73. The predicted octanol–water partition coefficient (Wildman–Crippen LogP) is 4.04. The lowest BCUT2D eigenvalue weighted by Gasteiger charge is -2.37. The second-order valence-electron chi connectivity index (χ2n) is 7.53. The van der Waals surface area contributed by atoms with Crippen LogP contribution in [0.5, 0.6) is 5.75 Å². The van der Waals surface area contributed by atoms with Crippen molar-refractivity contribution in [3.8, 4) is 5.75 Å². The molecule has 0 spiro atoms. The fourth-order valence-corrected chi connectivity index (χ4v) is 4.05. The number of fused-ring (bicyclic) bond motifs is 2. The molecule has 146 valence electrons. The summed E-state index contributed by atoms with van der Waals surface area (Å²) in [5.41, 5.74) is 2.32. The Morgan fingerprint density at radius 1 is 1.11 bits per heavy atom. The molecule has 1 N–H and O–H groups in total. The Labute approximate surface area is 165 Å². The second-order valence-corrected chi connectivity index (χ2v) is 7.53. The van der Waals surface area contributed by atoms with Gasteiger partial charge in [0.25, 0.3) is 5.91 Å². The molecule has 2 amide bonds. The predicted molar refractivity (Wildman–Crippen MR) is 109 cm³/mol. The van der Waals surface area contributed by atoms with Crippen LogP contribution >= 0.6 is 0 Å². The number of ether oxygens (including phenoxy) is 1. The number of hydrogen-bond acceptors (Lipinski definition) is 3. The summed E-state index contributed by atoms with van der Waals surface area (Å²) in [4.78, 5) is 27.4. The highest BCUT2D eigenvalue weighted by Crippen LogP contribution is 2.31. The van der Waals surface area contributed by atoms with E-state index in [1.807, 2.05) is 41.3 Å². The Morgan fingerprint density at radius 2 is 1.96 bits per heavy atom. The minimum absolute atomic E-state index is 0.0137. The lowest BCUT2D eigenvalue weighted by atomic mass is 9.97. The highest BCUT2D eigenvalue weighted by molar-refractivity contribution is 5.99. The van der Waals surface area contributed by atoms with Crippen molar-refractivity contribution in [3.63, 3.8) is 0 Å². The van der Waals surface area contributed by atoms with Crippen molar-refractivity contribution in [3.05, 3.63) is 59.7 Å². The fraction of sp³-hybridized carbons (Fsp3) is 0.391. The Morgan fingerprint density at radius 3 is 2.82 bits per heavy atom. The molecule has 2 heterocycles. The molecule has 2 aromatic carbocycles. The van der Waals surface area contributed by atoms with Gasteiger partial charge in [0, 0.05) is 31.1 Å². The van der Waals surface area contributed by atoms with Crippen molar-refractivity contribution in [2.45, 2.75) is 44.6 Å². The van der Waals surface area contributed by atoms with Crippen molar-refractivity contribution in [2.75, 3.05) is 18.5 Å². The molecule has 0 bridgehead atoms. The van der Waals surface area contributed by atoms with Gasteiger partial charge in [-0.15, -0.1) is 0 Å². The molecule has 0 radical (unpaired) electrons. The van der Waals surface area contributed by atoms with E-state index in [0.717, 1.165) is 31.4 Å². The van der Waals surface area contributed by atoms with Gasteiger partial charge in [0.15, 0.2) is 0 Å². The van der Waals surface area contributed by atoms with E-state index in [1.54, 1.807) is 12.1 Å². The number of piperidine rings is 1. The van der Waals surface area contributed by atoms with Gasteiger partial charge in [-0.25, -0.2) is 0 Å². The average molecular weight is 378 g/mol. The van der Waals surface area contributed by atoms with Crippen molar-refractivity contribution in [1.29, 1.82) is 0 Å². The molecule has 4 rings (SSSR count). The zero-order valence-electron chi connectivity index (χ0n) is 16.0. The smallest absolute Gasteiger partial charge is 0.257 e. The fourth-order valence-electron chi connectivity index (χ4n) is 4.05. The molecule has 1 atom stereocenters. The number of rotatable bonds is 4. The van der Waals surface area contributed by atoms with Gasteiger partial charge in [-0.1, -0.05) is 30.3 Å². The van der Waals surface area contributed by atoms with Gasteiger partial charge in [-0.2, -0.15) is 0 Å². The lowest BCUT2D eigenvalue weighted by Crippen LogP contribution is -2.45. The molecule has 1 unspecified atom stereocenters. The number of anilines is 1. The Balaban J connectivity index is 1.46. The number of nitrogens with zero attached hydrogens (tertiary/aromatic N) is 1. The summed E-state index contributed by atoms with van der Waals surface area (Å²) >= 11 is 0. The molecule has 1 saturated heterocycles. The quantitative estimate of drug-likeness (QED) is 0.874. The van der Waals surface area contributed by atoms with Gasteiger partial charge in [-0.05, 0) is 49.4 Å². The zero-order chi connectivity index (χ0) is 19.3. The number of carbonyl (C=O) groups is 2. The maximum Gasteiger partial charge on any atom is 0.257 e. The third-order valence-corrected chi connectivity index (χ3v) is 5.57. The van der Waals surface area contributed by atoms with Crippen LogP contribution in [0.25, 0.3) is 0 Å². The monoisotopic (exact) mass is 378 g/mol. The van der Waals surface area contributed by atoms with E-state index >= 15 is 0 Å². The van der Waals surface area contributed by atoms with E-state index in [0.29, 0.717) is 36.4 Å². The van der Waals surface area contributed by atoms with Crippen molar-refractivity contribution in [2.24, 2.45) is 0 Å². The van der Waals surface area contributed by atoms with Crippen LogP contribution in [0.3, 0.4) is 0 Å². The summed E-state index contributed by atoms with van der Waals surface area (Å²) in [7, 11) is 0. The van der Waals surface area contributed by atoms with Crippen LogP contribution in [0, 0.1) is 0 Å². The van der Waals surface area contributed by atoms with Crippen LogP contribution < -0.4 is 10.1 Å². The largest absolute Gasteiger partial charge is 0.493 e. The highest BCUT2D eigenvalue weighted by atomic mass is 16.5. The number of aryl methyl sites for hydroxylation is 1. The second kappa shape index (κ2) is 8.46. The number of hydrogen-bond donors (Lipinski definition) is 1. The number of benzene rings is 2.